The molecule has 1 aromatic rings. The van der Waals surface area contributed by atoms with E-state index in [4.69, 9.17) is 0 Å². The highest BCUT2D eigenvalue weighted by atomic mass is 19.1. The molecule has 0 aliphatic heterocycles. The molecule has 0 atom stereocenters. The number of hydrogen-bond acceptors (Lipinski definition) is 2. The van der Waals surface area contributed by atoms with Crippen LogP contribution in [0.2, 0.25) is 0 Å². The summed E-state index contributed by atoms with van der Waals surface area (Å²) >= 11 is 0. The van der Waals surface area contributed by atoms with E-state index in [1.165, 1.54) is 18.2 Å². The van der Waals surface area contributed by atoms with Gasteiger partial charge in [0, 0.05) is 5.56 Å². The third-order valence-corrected chi connectivity index (χ3v) is 3.61. The van der Waals surface area contributed by atoms with Crippen LogP contribution in [-0.4, -0.2) is 16.5 Å². The molecular formula is C14H17FO2. The van der Waals surface area contributed by atoms with Crippen LogP contribution in [0.15, 0.2) is 24.3 Å². The summed E-state index contributed by atoms with van der Waals surface area (Å²) < 4.78 is 13.0. The van der Waals surface area contributed by atoms with Crippen molar-refractivity contribution in [3.8, 4) is 0 Å². The van der Waals surface area contributed by atoms with Crippen molar-refractivity contribution in [2.24, 2.45) is 5.92 Å². The first kappa shape index (κ1) is 12.2. The third kappa shape index (κ3) is 2.55. The number of carbonyl (C=O) groups excluding carboxylic acids is 1. The molecule has 0 amide bonds. The van der Waals surface area contributed by atoms with E-state index in [9.17, 15) is 14.3 Å². The predicted octanol–water partition coefficient (Wildman–Crippen LogP) is 2.95. The van der Waals surface area contributed by atoms with Crippen molar-refractivity contribution in [2.75, 3.05) is 0 Å². The molecule has 0 saturated heterocycles. The summed E-state index contributed by atoms with van der Waals surface area (Å²) in [5.41, 5.74) is -1.03. The normalized spacial score (nSPS) is 29.0. The van der Waals surface area contributed by atoms with Gasteiger partial charge in [0.25, 0.3) is 0 Å². The Morgan fingerprint density at radius 1 is 1.41 bits per heavy atom. The van der Waals surface area contributed by atoms with Crippen molar-refractivity contribution >= 4 is 5.78 Å². The zero-order chi connectivity index (χ0) is 12.5. The quantitative estimate of drug-likeness (QED) is 0.801. The van der Waals surface area contributed by atoms with E-state index in [-0.39, 0.29) is 11.3 Å². The van der Waals surface area contributed by atoms with E-state index in [1.54, 1.807) is 6.07 Å². The molecule has 0 spiro atoms. The fraction of sp³-hybridized carbons (Fsp3) is 0.500. The molecule has 92 valence electrons. The second-order valence-corrected chi connectivity index (χ2v) is 5.05. The van der Waals surface area contributed by atoms with Gasteiger partial charge in [0.2, 0.25) is 0 Å². The molecule has 0 aromatic heterocycles. The van der Waals surface area contributed by atoms with Gasteiger partial charge in [0.05, 0.1) is 0 Å². The monoisotopic (exact) mass is 236 g/mol. The Morgan fingerprint density at radius 3 is 2.65 bits per heavy atom. The molecule has 1 aliphatic rings. The lowest BCUT2D eigenvalue weighted by Gasteiger charge is -2.33. The molecule has 1 aromatic carbocycles. The molecule has 1 fully saturated rings. The lowest BCUT2D eigenvalue weighted by Crippen LogP contribution is -2.41. The molecule has 0 heterocycles. The minimum absolute atomic E-state index is 0.266. The summed E-state index contributed by atoms with van der Waals surface area (Å²) in [6, 6.07) is 5.54. The molecule has 0 bridgehead atoms. The van der Waals surface area contributed by atoms with Gasteiger partial charge in [0.15, 0.2) is 5.78 Å². The molecule has 3 heteroatoms. The van der Waals surface area contributed by atoms with Crippen LogP contribution in [0, 0.1) is 11.7 Å². The molecule has 1 N–H and O–H groups in total. The van der Waals surface area contributed by atoms with Crippen molar-refractivity contribution < 1.29 is 14.3 Å². The number of rotatable bonds is 2. The molecule has 2 rings (SSSR count). The molecule has 1 aliphatic carbocycles. The summed E-state index contributed by atoms with van der Waals surface area (Å²) in [6.45, 7) is 2.12. The summed E-state index contributed by atoms with van der Waals surface area (Å²) in [4.78, 5) is 12.2. The second kappa shape index (κ2) is 4.57. The summed E-state index contributed by atoms with van der Waals surface area (Å²) in [6.07, 6.45) is 2.64. The average molecular weight is 236 g/mol. The zero-order valence-electron chi connectivity index (χ0n) is 9.95. The van der Waals surface area contributed by atoms with Crippen LogP contribution in [-0.2, 0) is 0 Å². The van der Waals surface area contributed by atoms with Crippen LogP contribution in [0.1, 0.15) is 43.0 Å². The van der Waals surface area contributed by atoms with Crippen LogP contribution >= 0.6 is 0 Å². The first-order valence-corrected chi connectivity index (χ1v) is 6.04. The van der Waals surface area contributed by atoms with Gasteiger partial charge in [-0.05, 0) is 43.7 Å². The van der Waals surface area contributed by atoms with Crippen molar-refractivity contribution in [3.63, 3.8) is 0 Å². The maximum Gasteiger partial charge on any atom is 0.194 e. The van der Waals surface area contributed by atoms with Crippen LogP contribution < -0.4 is 0 Å². The Hall–Kier alpha value is -1.22. The van der Waals surface area contributed by atoms with Gasteiger partial charge in [-0.1, -0.05) is 19.1 Å². The highest BCUT2D eigenvalue weighted by molar-refractivity contribution is 6.02. The van der Waals surface area contributed by atoms with Crippen LogP contribution in [0.5, 0.6) is 0 Å². The zero-order valence-corrected chi connectivity index (χ0v) is 9.95. The number of carbonyl (C=O) groups is 1. The van der Waals surface area contributed by atoms with Gasteiger partial charge in [-0.2, -0.15) is 0 Å². The van der Waals surface area contributed by atoms with Crippen LogP contribution in [0.3, 0.4) is 0 Å². The minimum atomic E-state index is -1.29. The van der Waals surface area contributed by atoms with Gasteiger partial charge in [-0.15, -0.1) is 0 Å². The van der Waals surface area contributed by atoms with Gasteiger partial charge >= 0.3 is 0 Å². The van der Waals surface area contributed by atoms with Crippen molar-refractivity contribution in [3.05, 3.63) is 35.6 Å². The van der Waals surface area contributed by atoms with E-state index >= 15 is 0 Å². The van der Waals surface area contributed by atoms with E-state index in [0.29, 0.717) is 18.8 Å². The Bertz CT molecular complexity index is 420. The smallest absolute Gasteiger partial charge is 0.194 e. The van der Waals surface area contributed by atoms with Gasteiger partial charge in [-0.3, -0.25) is 4.79 Å². The van der Waals surface area contributed by atoms with Crippen molar-refractivity contribution in [1.82, 2.24) is 0 Å². The number of halogens is 1. The third-order valence-electron chi connectivity index (χ3n) is 3.61. The molecule has 1 saturated carbocycles. The molecule has 2 nitrogen and oxygen atoms in total. The number of hydrogen-bond donors (Lipinski definition) is 1. The first-order valence-electron chi connectivity index (χ1n) is 6.04. The van der Waals surface area contributed by atoms with E-state index in [0.717, 1.165) is 12.8 Å². The highest BCUT2D eigenvalue weighted by Crippen LogP contribution is 2.34. The molecule has 17 heavy (non-hydrogen) atoms. The Kier molecular flexibility index (Phi) is 3.29. The SMILES string of the molecule is CC1CCC(O)(C(=O)c2cccc(F)c2)CC1. The van der Waals surface area contributed by atoms with Gasteiger partial charge in [0.1, 0.15) is 11.4 Å². The summed E-state index contributed by atoms with van der Waals surface area (Å²) in [7, 11) is 0. The summed E-state index contributed by atoms with van der Waals surface area (Å²) in [5.74, 6) is -0.233. The number of Topliss-reactive ketones (excluding diaryl/α,β-unsaturated/α-hetero) is 1. The number of benzene rings is 1. The maximum absolute atomic E-state index is 13.0. The van der Waals surface area contributed by atoms with E-state index in [1.807, 2.05) is 0 Å². The molecular weight excluding hydrogens is 219 g/mol. The number of ketones is 1. The topological polar surface area (TPSA) is 37.3 Å². The lowest BCUT2D eigenvalue weighted by molar-refractivity contribution is 0.00424. The van der Waals surface area contributed by atoms with Gasteiger partial charge < -0.3 is 5.11 Å². The van der Waals surface area contributed by atoms with E-state index < -0.39 is 11.4 Å². The van der Waals surface area contributed by atoms with Gasteiger partial charge in [-0.25, -0.2) is 4.39 Å². The average Bonchev–Trinajstić information content (AvgIpc) is 2.32. The Morgan fingerprint density at radius 2 is 2.06 bits per heavy atom. The van der Waals surface area contributed by atoms with E-state index in [2.05, 4.69) is 6.92 Å². The molecule has 0 radical (unpaired) electrons. The highest BCUT2D eigenvalue weighted by Gasteiger charge is 2.39. The van der Waals surface area contributed by atoms with Crippen LogP contribution in [0.4, 0.5) is 4.39 Å². The Labute approximate surface area is 100 Å². The van der Waals surface area contributed by atoms with Crippen molar-refractivity contribution in [2.45, 2.75) is 38.2 Å². The minimum Gasteiger partial charge on any atom is -0.382 e. The second-order valence-electron chi connectivity index (χ2n) is 5.05. The van der Waals surface area contributed by atoms with Crippen LogP contribution in [0.25, 0.3) is 0 Å². The standard InChI is InChI=1S/C14H17FO2/c1-10-5-7-14(17,8-6-10)13(16)11-3-2-4-12(15)9-11/h2-4,9-10,17H,5-8H2,1H3. The maximum atomic E-state index is 13.0. The Balaban J connectivity index is 2.19. The predicted molar refractivity (Wildman–Crippen MR) is 63.3 cm³/mol. The first-order chi connectivity index (χ1) is 8.01. The largest absolute Gasteiger partial charge is 0.382 e. The number of aliphatic hydroxyl groups is 1. The fourth-order valence-corrected chi connectivity index (χ4v) is 2.37. The fourth-order valence-electron chi connectivity index (χ4n) is 2.37. The summed E-state index contributed by atoms with van der Waals surface area (Å²) in [5, 5.41) is 10.3. The van der Waals surface area contributed by atoms with Crippen molar-refractivity contribution in [1.29, 1.82) is 0 Å². The molecule has 0 unspecified atom stereocenters. The lowest BCUT2D eigenvalue weighted by atomic mass is 9.76.